The normalized spacial score (nSPS) is 21.3. The Bertz CT molecular complexity index is 188. The Morgan fingerprint density at radius 1 is 1.47 bits per heavy atom. The first-order valence-electron chi connectivity index (χ1n) is 6.21. The Balaban J connectivity index is 2.24. The highest BCUT2D eigenvalue weighted by molar-refractivity contribution is 5.78. The number of rotatable bonds is 5. The molecule has 0 aromatic carbocycles. The first-order valence-corrected chi connectivity index (χ1v) is 6.21. The summed E-state index contributed by atoms with van der Waals surface area (Å²) in [6, 6.07) is 0. The van der Waals surface area contributed by atoms with Gasteiger partial charge < -0.3 is 10.2 Å². The molecule has 1 rings (SSSR count). The van der Waals surface area contributed by atoms with Crippen molar-refractivity contribution in [2.24, 2.45) is 5.92 Å². The first-order chi connectivity index (χ1) is 7.25. The van der Waals surface area contributed by atoms with E-state index in [2.05, 4.69) is 12.2 Å². The SMILES string of the molecule is CCCCCN(C)C(=O)C1CCCNC1. The van der Waals surface area contributed by atoms with Crippen molar-refractivity contribution in [3.05, 3.63) is 0 Å². The maximum absolute atomic E-state index is 12.0. The van der Waals surface area contributed by atoms with Crippen molar-refractivity contribution < 1.29 is 4.79 Å². The quantitative estimate of drug-likeness (QED) is 0.703. The molecule has 88 valence electrons. The standard InChI is InChI=1S/C12H24N2O/c1-3-4-5-9-14(2)12(15)11-7-6-8-13-10-11/h11,13H,3-10H2,1-2H3. The van der Waals surface area contributed by atoms with Crippen LogP contribution in [0.4, 0.5) is 0 Å². The minimum Gasteiger partial charge on any atom is -0.345 e. The summed E-state index contributed by atoms with van der Waals surface area (Å²) in [5.74, 6) is 0.559. The van der Waals surface area contributed by atoms with E-state index in [1.807, 2.05) is 11.9 Å². The summed E-state index contributed by atoms with van der Waals surface area (Å²) in [7, 11) is 1.94. The van der Waals surface area contributed by atoms with Gasteiger partial charge >= 0.3 is 0 Å². The lowest BCUT2D eigenvalue weighted by molar-refractivity contribution is -0.134. The fraction of sp³-hybridized carbons (Fsp3) is 0.917. The predicted octanol–water partition coefficient (Wildman–Crippen LogP) is 1.63. The molecule has 0 aromatic rings. The lowest BCUT2D eigenvalue weighted by atomic mass is 9.98. The van der Waals surface area contributed by atoms with Crippen molar-refractivity contribution in [1.29, 1.82) is 0 Å². The van der Waals surface area contributed by atoms with Crippen LogP contribution in [0.2, 0.25) is 0 Å². The summed E-state index contributed by atoms with van der Waals surface area (Å²) in [5, 5.41) is 3.29. The fourth-order valence-corrected chi connectivity index (χ4v) is 2.08. The second kappa shape index (κ2) is 6.83. The number of nitrogens with zero attached hydrogens (tertiary/aromatic N) is 1. The number of nitrogens with one attached hydrogen (secondary N) is 1. The number of unbranched alkanes of at least 4 members (excludes halogenated alkanes) is 2. The van der Waals surface area contributed by atoms with Crippen LogP contribution in [0.5, 0.6) is 0 Å². The molecule has 1 aliphatic rings. The van der Waals surface area contributed by atoms with Gasteiger partial charge in [0.15, 0.2) is 0 Å². The van der Waals surface area contributed by atoms with Crippen LogP contribution in [-0.2, 0) is 4.79 Å². The highest BCUT2D eigenvalue weighted by Crippen LogP contribution is 2.13. The van der Waals surface area contributed by atoms with E-state index in [0.29, 0.717) is 5.91 Å². The fourth-order valence-electron chi connectivity index (χ4n) is 2.08. The van der Waals surface area contributed by atoms with E-state index in [1.165, 1.54) is 12.8 Å². The summed E-state index contributed by atoms with van der Waals surface area (Å²) in [5.41, 5.74) is 0. The Kier molecular flexibility index (Phi) is 5.69. The number of carbonyl (C=O) groups is 1. The Hall–Kier alpha value is -0.570. The molecule has 15 heavy (non-hydrogen) atoms. The van der Waals surface area contributed by atoms with Crippen LogP contribution in [0, 0.1) is 5.92 Å². The second-order valence-corrected chi connectivity index (χ2v) is 4.51. The van der Waals surface area contributed by atoms with Gasteiger partial charge in [0.05, 0.1) is 5.92 Å². The Labute approximate surface area is 93.2 Å². The summed E-state index contributed by atoms with van der Waals surface area (Å²) >= 11 is 0. The number of amides is 1. The molecule has 1 atom stereocenters. The lowest BCUT2D eigenvalue weighted by Crippen LogP contribution is -2.41. The van der Waals surface area contributed by atoms with E-state index < -0.39 is 0 Å². The molecular formula is C12H24N2O. The highest BCUT2D eigenvalue weighted by atomic mass is 16.2. The van der Waals surface area contributed by atoms with Gasteiger partial charge in [0.1, 0.15) is 0 Å². The van der Waals surface area contributed by atoms with Gasteiger partial charge in [-0.3, -0.25) is 4.79 Å². The van der Waals surface area contributed by atoms with E-state index in [1.54, 1.807) is 0 Å². The van der Waals surface area contributed by atoms with Crippen LogP contribution in [0.3, 0.4) is 0 Å². The van der Waals surface area contributed by atoms with Crippen molar-refractivity contribution in [3.8, 4) is 0 Å². The Morgan fingerprint density at radius 3 is 2.87 bits per heavy atom. The van der Waals surface area contributed by atoms with Crippen molar-refractivity contribution in [2.75, 3.05) is 26.7 Å². The van der Waals surface area contributed by atoms with Gasteiger partial charge in [0, 0.05) is 20.1 Å². The van der Waals surface area contributed by atoms with Gasteiger partial charge in [0.25, 0.3) is 0 Å². The molecule has 0 radical (unpaired) electrons. The molecule has 1 unspecified atom stereocenters. The maximum Gasteiger partial charge on any atom is 0.226 e. The zero-order chi connectivity index (χ0) is 11.1. The number of hydrogen-bond acceptors (Lipinski definition) is 2. The summed E-state index contributed by atoms with van der Waals surface area (Å²) in [6.07, 6.45) is 5.77. The van der Waals surface area contributed by atoms with Crippen LogP contribution in [0.25, 0.3) is 0 Å². The Morgan fingerprint density at radius 2 is 2.27 bits per heavy atom. The van der Waals surface area contributed by atoms with Crippen molar-refractivity contribution in [3.63, 3.8) is 0 Å². The third-order valence-electron chi connectivity index (χ3n) is 3.12. The number of carbonyl (C=O) groups excluding carboxylic acids is 1. The smallest absolute Gasteiger partial charge is 0.226 e. The third-order valence-corrected chi connectivity index (χ3v) is 3.12. The third kappa shape index (κ3) is 4.20. The molecule has 1 amide bonds. The first kappa shape index (κ1) is 12.5. The van der Waals surface area contributed by atoms with Crippen molar-refractivity contribution in [1.82, 2.24) is 10.2 Å². The van der Waals surface area contributed by atoms with Crippen LogP contribution in [-0.4, -0.2) is 37.5 Å². The van der Waals surface area contributed by atoms with Crippen LogP contribution in [0.15, 0.2) is 0 Å². The minimum atomic E-state index is 0.227. The molecule has 0 spiro atoms. The molecule has 3 nitrogen and oxygen atoms in total. The van der Waals surface area contributed by atoms with Gasteiger partial charge in [-0.25, -0.2) is 0 Å². The molecule has 1 fully saturated rings. The van der Waals surface area contributed by atoms with Crippen molar-refractivity contribution in [2.45, 2.75) is 39.0 Å². The zero-order valence-electron chi connectivity index (χ0n) is 10.1. The molecule has 0 bridgehead atoms. The molecule has 0 aromatic heterocycles. The predicted molar refractivity (Wildman–Crippen MR) is 62.8 cm³/mol. The van der Waals surface area contributed by atoms with Crippen LogP contribution >= 0.6 is 0 Å². The van der Waals surface area contributed by atoms with Gasteiger partial charge in [-0.15, -0.1) is 0 Å². The minimum absolute atomic E-state index is 0.227. The summed E-state index contributed by atoms with van der Waals surface area (Å²) in [4.78, 5) is 13.9. The van der Waals surface area contributed by atoms with Gasteiger partial charge in [-0.2, -0.15) is 0 Å². The van der Waals surface area contributed by atoms with E-state index in [4.69, 9.17) is 0 Å². The maximum atomic E-state index is 12.0. The summed E-state index contributed by atoms with van der Waals surface area (Å²) in [6.45, 7) is 5.05. The van der Waals surface area contributed by atoms with E-state index >= 15 is 0 Å². The number of hydrogen-bond donors (Lipinski definition) is 1. The van der Waals surface area contributed by atoms with Gasteiger partial charge in [-0.05, 0) is 25.8 Å². The molecule has 3 heteroatoms. The average Bonchev–Trinajstić information content (AvgIpc) is 2.29. The zero-order valence-corrected chi connectivity index (χ0v) is 10.1. The highest BCUT2D eigenvalue weighted by Gasteiger charge is 2.23. The molecule has 1 N–H and O–H groups in total. The van der Waals surface area contributed by atoms with Gasteiger partial charge in [-0.1, -0.05) is 19.8 Å². The van der Waals surface area contributed by atoms with E-state index in [9.17, 15) is 4.79 Å². The average molecular weight is 212 g/mol. The van der Waals surface area contributed by atoms with Crippen LogP contribution in [0.1, 0.15) is 39.0 Å². The van der Waals surface area contributed by atoms with Crippen molar-refractivity contribution >= 4 is 5.91 Å². The molecule has 0 aliphatic carbocycles. The lowest BCUT2D eigenvalue weighted by Gasteiger charge is -2.27. The van der Waals surface area contributed by atoms with E-state index in [0.717, 1.165) is 38.9 Å². The largest absolute Gasteiger partial charge is 0.345 e. The molecular weight excluding hydrogens is 188 g/mol. The van der Waals surface area contributed by atoms with E-state index in [-0.39, 0.29) is 5.92 Å². The second-order valence-electron chi connectivity index (χ2n) is 4.51. The topological polar surface area (TPSA) is 32.3 Å². The molecule has 1 heterocycles. The molecule has 1 saturated heterocycles. The molecule has 0 saturated carbocycles. The van der Waals surface area contributed by atoms with Crippen LogP contribution < -0.4 is 5.32 Å². The summed E-state index contributed by atoms with van der Waals surface area (Å²) < 4.78 is 0. The number of piperidine rings is 1. The van der Waals surface area contributed by atoms with Gasteiger partial charge in [0.2, 0.25) is 5.91 Å². The monoisotopic (exact) mass is 212 g/mol. The molecule has 1 aliphatic heterocycles.